The highest BCUT2D eigenvalue weighted by atomic mass is 16.5. The van der Waals surface area contributed by atoms with E-state index in [9.17, 15) is 0 Å². The summed E-state index contributed by atoms with van der Waals surface area (Å²) in [5.41, 5.74) is 0. The Bertz CT molecular complexity index is 169. The van der Waals surface area contributed by atoms with E-state index in [1.54, 1.807) is 7.11 Å². The number of hydrogen-bond acceptors (Lipinski definition) is 3. The van der Waals surface area contributed by atoms with E-state index in [1.165, 1.54) is 38.9 Å². The average molecular weight is 228 g/mol. The van der Waals surface area contributed by atoms with E-state index in [2.05, 4.69) is 24.1 Å². The summed E-state index contributed by atoms with van der Waals surface area (Å²) < 4.78 is 5.21. The fourth-order valence-corrected chi connectivity index (χ4v) is 2.58. The zero-order valence-corrected chi connectivity index (χ0v) is 11.2. The van der Waals surface area contributed by atoms with Gasteiger partial charge in [-0.1, -0.05) is 6.92 Å². The van der Waals surface area contributed by atoms with Crippen molar-refractivity contribution < 1.29 is 4.74 Å². The number of likely N-dealkylation sites (N-methyl/N-ethyl adjacent to an activating group) is 1. The molecule has 2 unspecified atom stereocenters. The maximum atomic E-state index is 5.21. The smallest absolute Gasteiger partial charge is 0.0615 e. The van der Waals surface area contributed by atoms with Crippen LogP contribution in [0.1, 0.15) is 33.1 Å². The second-order valence-electron chi connectivity index (χ2n) is 4.93. The van der Waals surface area contributed by atoms with Crippen LogP contribution in [0.25, 0.3) is 0 Å². The molecule has 1 N–H and O–H groups in total. The highest BCUT2D eigenvalue weighted by molar-refractivity contribution is 4.72. The number of rotatable bonds is 8. The van der Waals surface area contributed by atoms with Crippen LogP contribution in [0.15, 0.2) is 0 Å². The third-order valence-corrected chi connectivity index (χ3v) is 3.66. The van der Waals surface area contributed by atoms with E-state index in [4.69, 9.17) is 4.74 Å². The van der Waals surface area contributed by atoms with Crippen molar-refractivity contribution in [3.05, 3.63) is 0 Å². The zero-order chi connectivity index (χ0) is 11.8. The van der Waals surface area contributed by atoms with E-state index in [-0.39, 0.29) is 0 Å². The van der Waals surface area contributed by atoms with Crippen LogP contribution < -0.4 is 5.32 Å². The van der Waals surface area contributed by atoms with Gasteiger partial charge in [0.2, 0.25) is 0 Å². The van der Waals surface area contributed by atoms with Gasteiger partial charge in [-0.15, -0.1) is 0 Å². The van der Waals surface area contributed by atoms with Gasteiger partial charge in [-0.3, -0.25) is 4.90 Å². The molecule has 0 saturated carbocycles. The summed E-state index contributed by atoms with van der Waals surface area (Å²) in [7, 11) is 1.79. The molecule has 3 heteroatoms. The van der Waals surface area contributed by atoms with Crippen LogP contribution in [-0.2, 0) is 4.74 Å². The maximum absolute atomic E-state index is 5.21. The Morgan fingerprint density at radius 1 is 1.50 bits per heavy atom. The third kappa shape index (κ3) is 4.81. The lowest BCUT2D eigenvalue weighted by molar-refractivity contribution is 0.101. The Balaban J connectivity index is 2.12. The Morgan fingerprint density at radius 2 is 2.31 bits per heavy atom. The molecule has 0 aromatic rings. The third-order valence-electron chi connectivity index (χ3n) is 3.66. The Labute approximate surface area is 101 Å². The Kier molecular flexibility index (Phi) is 7.01. The van der Waals surface area contributed by atoms with E-state index in [1.807, 2.05) is 0 Å². The summed E-state index contributed by atoms with van der Waals surface area (Å²) in [6.45, 7) is 10.2. The molecule has 1 aliphatic heterocycles. The van der Waals surface area contributed by atoms with Gasteiger partial charge in [0.1, 0.15) is 0 Å². The van der Waals surface area contributed by atoms with E-state index in [0.717, 1.165) is 19.1 Å². The molecule has 0 spiro atoms. The maximum Gasteiger partial charge on any atom is 0.0615 e. The molecule has 0 aromatic heterocycles. The monoisotopic (exact) mass is 228 g/mol. The molecule has 0 amide bonds. The van der Waals surface area contributed by atoms with Crippen LogP contribution in [0.2, 0.25) is 0 Å². The molecular weight excluding hydrogens is 200 g/mol. The van der Waals surface area contributed by atoms with Crippen molar-refractivity contribution in [2.24, 2.45) is 5.92 Å². The van der Waals surface area contributed by atoms with Gasteiger partial charge >= 0.3 is 0 Å². The van der Waals surface area contributed by atoms with Crippen molar-refractivity contribution in [3.8, 4) is 0 Å². The van der Waals surface area contributed by atoms with Crippen molar-refractivity contribution in [2.75, 3.05) is 39.9 Å². The Morgan fingerprint density at radius 3 is 2.88 bits per heavy atom. The average Bonchev–Trinajstić information content (AvgIpc) is 2.77. The largest absolute Gasteiger partial charge is 0.383 e. The normalized spacial score (nSPS) is 22.9. The van der Waals surface area contributed by atoms with Gasteiger partial charge in [0.15, 0.2) is 0 Å². The highest BCUT2D eigenvalue weighted by Gasteiger charge is 2.15. The first kappa shape index (κ1) is 13.9. The number of nitrogens with zero attached hydrogens (tertiary/aromatic N) is 1. The molecule has 1 rings (SSSR count). The summed E-state index contributed by atoms with van der Waals surface area (Å²) >= 11 is 0. The van der Waals surface area contributed by atoms with Crippen molar-refractivity contribution in [2.45, 2.75) is 39.2 Å². The molecule has 1 heterocycles. The minimum Gasteiger partial charge on any atom is -0.383 e. The summed E-state index contributed by atoms with van der Waals surface area (Å²) in [5, 5.41) is 3.43. The first-order chi connectivity index (χ1) is 7.77. The molecule has 2 atom stereocenters. The number of methoxy groups -OCH3 is 1. The summed E-state index contributed by atoms with van der Waals surface area (Å²) in [4.78, 5) is 2.52. The molecule has 0 radical (unpaired) electrons. The lowest BCUT2D eigenvalue weighted by atomic mass is 10.0. The zero-order valence-electron chi connectivity index (χ0n) is 11.2. The topological polar surface area (TPSA) is 24.5 Å². The number of hydrogen-bond donors (Lipinski definition) is 1. The predicted molar refractivity (Wildman–Crippen MR) is 68.8 cm³/mol. The van der Waals surface area contributed by atoms with E-state index < -0.39 is 0 Å². The molecule has 0 aromatic carbocycles. The van der Waals surface area contributed by atoms with Crippen molar-refractivity contribution in [1.82, 2.24) is 10.2 Å². The fourth-order valence-electron chi connectivity index (χ4n) is 2.58. The molecule has 96 valence electrons. The van der Waals surface area contributed by atoms with Gasteiger partial charge in [-0.2, -0.15) is 0 Å². The van der Waals surface area contributed by atoms with Crippen LogP contribution in [0.4, 0.5) is 0 Å². The van der Waals surface area contributed by atoms with E-state index >= 15 is 0 Å². The van der Waals surface area contributed by atoms with E-state index in [0.29, 0.717) is 6.04 Å². The fraction of sp³-hybridized carbons (Fsp3) is 1.00. The van der Waals surface area contributed by atoms with Crippen LogP contribution in [0, 0.1) is 5.92 Å². The van der Waals surface area contributed by atoms with Crippen LogP contribution in [0.5, 0.6) is 0 Å². The lowest BCUT2D eigenvalue weighted by Gasteiger charge is -2.27. The quantitative estimate of drug-likeness (QED) is 0.685. The van der Waals surface area contributed by atoms with Crippen LogP contribution in [-0.4, -0.2) is 50.8 Å². The second-order valence-corrected chi connectivity index (χ2v) is 4.93. The summed E-state index contributed by atoms with van der Waals surface area (Å²) in [5.74, 6) is 0.927. The molecule has 16 heavy (non-hydrogen) atoms. The van der Waals surface area contributed by atoms with Crippen molar-refractivity contribution >= 4 is 0 Å². The van der Waals surface area contributed by atoms with Gasteiger partial charge in [0.25, 0.3) is 0 Å². The number of ether oxygens (including phenoxy) is 1. The molecule has 1 aliphatic rings. The predicted octanol–water partition coefficient (Wildman–Crippen LogP) is 1.73. The molecule has 1 fully saturated rings. The minimum atomic E-state index is 0.553. The molecule has 1 saturated heterocycles. The lowest BCUT2D eigenvalue weighted by Crippen LogP contribution is -2.37. The van der Waals surface area contributed by atoms with Gasteiger partial charge < -0.3 is 10.1 Å². The molecule has 0 aliphatic carbocycles. The van der Waals surface area contributed by atoms with Gasteiger partial charge in [-0.25, -0.2) is 0 Å². The molecular formula is C13H28N2O. The molecule has 0 bridgehead atoms. The highest BCUT2D eigenvalue weighted by Crippen LogP contribution is 2.15. The number of nitrogens with one attached hydrogen (secondary N) is 1. The SMILES string of the molecule is CCN(CCCC1CCNC1)C(C)COC. The first-order valence-electron chi connectivity index (χ1n) is 6.71. The van der Waals surface area contributed by atoms with Crippen molar-refractivity contribution in [3.63, 3.8) is 0 Å². The summed E-state index contributed by atoms with van der Waals surface area (Å²) in [6, 6.07) is 0.553. The van der Waals surface area contributed by atoms with Gasteiger partial charge in [0, 0.05) is 13.2 Å². The molecule has 3 nitrogen and oxygen atoms in total. The van der Waals surface area contributed by atoms with Crippen molar-refractivity contribution in [1.29, 1.82) is 0 Å². The van der Waals surface area contributed by atoms with Crippen LogP contribution >= 0.6 is 0 Å². The standard InChI is InChI=1S/C13H28N2O/c1-4-15(12(2)11-16-3)9-5-6-13-7-8-14-10-13/h12-14H,4-11H2,1-3H3. The first-order valence-corrected chi connectivity index (χ1v) is 6.71. The van der Waals surface area contributed by atoms with Crippen LogP contribution in [0.3, 0.4) is 0 Å². The second kappa shape index (κ2) is 8.04. The van der Waals surface area contributed by atoms with Gasteiger partial charge in [-0.05, 0) is 58.3 Å². The Hall–Kier alpha value is -0.120. The minimum absolute atomic E-state index is 0.553. The summed E-state index contributed by atoms with van der Waals surface area (Å²) in [6.07, 6.45) is 4.08. The van der Waals surface area contributed by atoms with Gasteiger partial charge in [0.05, 0.1) is 6.61 Å².